The molecule has 2 aromatic heterocycles. The van der Waals surface area contributed by atoms with Crippen LogP contribution in [0, 0.1) is 6.92 Å². The fourth-order valence-electron chi connectivity index (χ4n) is 2.85. The van der Waals surface area contributed by atoms with Crippen LogP contribution in [0.2, 0.25) is 0 Å². The maximum Gasteiger partial charge on any atom is 0.350 e. The van der Waals surface area contributed by atoms with Gasteiger partial charge >= 0.3 is 5.97 Å². The summed E-state index contributed by atoms with van der Waals surface area (Å²) in [6.45, 7) is 6.22. The molecule has 0 spiro atoms. The number of hydrogen-bond acceptors (Lipinski definition) is 6. The molecule has 7 heteroatoms. The number of amides is 1. The third-order valence-electron chi connectivity index (χ3n) is 4.58. The van der Waals surface area contributed by atoms with Crippen molar-refractivity contribution in [3.63, 3.8) is 0 Å². The smallest absolute Gasteiger partial charge is 0.350 e. The number of esters is 1. The fourth-order valence-corrected chi connectivity index (χ4v) is 3.78. The molecule has 2 heterocycles. The minimum Gasteiger partial charge on any atom is -0.451 e. The topological polar surface area (TPSA) is 81.2 Å². The van der Waals surface area contributed by atoms with Gasteiger partial charge in [-0.2, -0.15) is 0 Å². The molecule has 0 aliphatic carbocycles. The number of pyridine rings is 1. The molecule has 0 saturated carbocycles. The molecule has 0 fully saturated rings. The Balaban J connectivity index is 1.45. The number of aryl methyl sites for hydroxylation is 1. The number of nitrogens with one attached hydrogen (secondary N) is 1. The molecule has 1 N–H and O–H groups in total. The van der Waals surface area contributed by atoms with Crippen molar-refractivity contribution in [2.75, 3.05) is 13.2 Å². The second kappa shape index (κ2) is 10.1. The van der Waals surface area contributed by atoms with Gasteiger partial charge in [0.15, 0.2) is 6.61 Å². The molecular weight excluding hydrogens is 398 g/mol. The van der Waals surface area contributed by atoms with Crippen molar-refractivity contribution < 1.29 is 14.3 Å². The van der Waals surface area contributed by atoms with E-state index in [1.807, 2.05) is 18.2 Å². The van der Waals surface area contributed by atoms with E-state index < -0.39 is 5.97 Å². The van der Waals surface area contributed by atoms with Crippen LogP contribution in [0.5, 0.6) is 0 Å². The van der Waals surface area contributed by atoms with Gasteiger partial charge in [0.05, 0.1) is 11.4 Å². The van der Waals surface area contributed by atoms with Gasteiger partial charge in [0.1, 0.15) is 9.88 Å². The molecule has 156 valence electrons. The summed E-state index contributed by atoms with van der Waals surface area (Å²) in [7, 11) is 0. The highest BCUT2D eigenvalue weighted by molar-refractivity contribution is 7.17. The summed E-state index contributed by atoms with van der Waals surface area (Å²) in [4.78, 5) is 33.4. The Bertz CT molecular complexity index is 998. The molecule has 1 aromatic carbocycles. The number of rotatable bonds is 8. The lowest BCUT2D eigenvalue weighted by Gasteiger charge is -2.08. The van der Waals surface area contributed by atoms with Gasteiger partial charge in [-0.25, -0.2) is 9.78 Å². The van der Waals surface area contributed by atoms with E-state index in [1.54, 1.807) is 13.1 Å². The predicted octanol–water partition coefficient (Wildman–Crippen LogP) is 4.15. The minimum absolute atomic E-state index is 0.318. The van der Waals surface area contributed by atoms with Crippen LogP contribution in [0.25, 0.3) is 10.7 Å². The van der Waals surface area contributed by atoms with Crippen LogP contribution in [0.4, 0.5) is 0 Å². The van der Waals surface area contributed by atoms with Gasteiger partial charge < -0.3 is 10.1 Å². The Morgan fingerprint density at radius 1 is 1.13 bits per heavy atom. The van der Waals surface area contributed by atoms with Crippen LogP contribution < -0.4 is 5.32 Å². The molecule has 0 aliphatic heterocycles. The number of carbonyl (C=O) groups excluding carboxylic acids is 2. The van der Waals surface area contributed by atoms with Gasteiger partial charge in [0, 0.05) is 12.7 Å². The molecule has 0 bridgehead atoms. The second-order valence-corrected chi connectivity index (χ2v) is 8.22. The molecule has 0 saturated heterocycles. The van der Waals surface area contributed by atoms with Crippen molar-refractivity contribution in [3.8, 4) is 10.7 Å². The first kappa shape index (κ1) is 21.6. The summed E-state index contributed by atoms with van der Waals surface area (Å²) in [6, 6.07) is 13.9. The minimum atomic E-state index is -0.549. The normalized spacial score (nSPS) is 10.8. The molecule has 1 amide bonds. The summed E-state index contributed by atoms with van der Waals surface area (Å²) in [5.74, 6) is -0.378. The predicted molar refractivity (Wildman–Crippen MR) is 118 cm³/mol. The average Bonchev–Trinajstić information content (AvgIpc) is 3.15. The quantitative estimate of drug-likeness (QED) is 0.551. The third kappa shape index (κ3) is 5.73. The summed E-state index contributed by atoms with van der Waals surface area (Å²) in [5.41, 5.74) is 3.71. The highest BCUT2D eigenvalue weighted by Crippen LogP contribution is 2.26. The number of hydrogen-bond donors (Lipinski definition) is 1. The van der Waals surface area contributed by atoms with Crippen LogP contribution in [0.1, 0.15) is 46.3 Å². The number of nitrogens with zero attached hydrogens (tertiary/aromatic N) is 2. The van der Waals surface area contributed by atoms with Gasteiger partial charge in [-0.05, 0) is 42.5 Å². The summed E-state index contributed by atoms with van der Waals surface area (Å²) >= 11 is 1.21. The Kier molecular flexibility index (Phi) is 7.30. The van der Waals surface area contributed by atoms with Crippen LogP contribution in [0.3, 0.4) is 0 Å². The second-order valence-electron chi connectivity index (χ2n) is 7.22. The molecule has 3 aromatic rings. The molecule has 6 nitrogen and oxygen atoms in total. The van der Waals surface area contributed by atoms with Crippen LogP contribution in [-0.4, -0.2) is 35.0 Å². The van der Waals surface area contributed by atoms with Crippen molar-refractivity contribution in [1.82, 2.24) is 15.3 Å². The lowest BCUT2D eigenvalue weighted by Crippen LogP contribution is -2.30. The highest BCUT2D eigenvalue weighted by Gasteiger charge is 2.19. The van der Waals surface area contributed by atoms with E-state index >= 15 is 0 Å². The summed E-state index contributed by atoms with van der Waals surface area (Å²) in [5, 5.41) is 3.43. The van der Waals surface area contributed by atoms with Crippen LogP contribution in [0.15, 0.2) is 48.7 Å². The number of ether oxygens (including phenoxy) is 1. The lowest BCUT2D eigenvalue weighted by molar-refractivity contribution is -0.124. The average molecular weight is 424 g/mol. The molecule has 0 atom stereocenters. The summed E-state index contributed by atoms with van der Waals surface area (Å²) in [6.07, 6.45) is 2.40. The molecule has 0 radical (unpaired) electrons. The first-order chi connectivity index (χ1) is 14.4. The van der Waals surface area contributed by atoms with E-state index in [1.165, 1.54) is 16.9 Å². The van der Waals surface area contributed by atoms with E-state index in [0.717, 1.165) is 12.0 Å². The van der Waals surface area contributed by atoms with Crippen molar-refractivity contribution in [2.24, 2.45) is 0 Å². The molecular formula is C23H25N3O3S. The summed E-state index contributed by atoms with van der Waals surface area (Å²) < 4.78 is 5.16. The van der Waals surface area contributed by atoms with Gasteiger partial charge in [-0.3, -0.25) is 9.78 Å². The number of benzene rings is 1. The van der Waals surface area contributed by atoms with Crippen LogP contribution in [-0.2, 0) is 16.0 Å². The van der Waals surface area contributed by atoms with Gasteiger partial charge in [-0.15, -0.1) is 11.3 Å². The van der Waals surface area contributed by atoms with E-state index in [-0.39, 0.29) is 12.5 Å². The van der Waals surface area contributed by atoms with Crippen molar-refractivity contribution in [1.29, 1.82) is 0 Å². The fraction of sp³-hybridized carbons (Fsp3) is 0.304. The molecule has 3 rings (SSSR count). The van der Waals surface area contributed by atoms with Crippen molar-refractivity contribution >= 4 is 23.2 Å². The molecule has 0 aliphatic rings. The van der Waals surface area contributed by atoms with Gasteiger partial charge in [0.2, 0.25) is 0 Å². The molecule has 30 heavy (non-hydrogen) atoms. The monoisotopic (exact) mass is 423 g/mol. The number of aromatic nitrogens is 2. The largest absolute Gasteiger partial charge is 0.451 e. The Morgan fingerprint density at radius 2 is 1.90 bits per heavy atom. The SMILES string of the molecule is Cc1nc(-c2ccccn2)sc1C(=O)OCC(=O)NCCc1ccc(C(C)C)cc1. The first-order valence-corrected chi connectivity index (χ1v) is 10.7. The Labute approximate surface area is 180 Å². The third-order valence-corrected chi connectivity index (χ3v) is 5.74. The van der Waals surface area contributed by atoms with E-state index in [0.29, 0.717) is 33.7 Å². The van der Waals surface area contributed by atoms with Crippen molar-refractivity contribution in [3.05, 3.63) is 70.4 Å². The zero-order chi connectivity index (χ0) is 21.5. The lowest BCUT2D eigenvalue weighted by atomic mass is 10.0. The van der Waals surface area contributed by atoms with Crippen LogP contribution >= 0.6 is 11.3 Å². The van der Waals surface area contributed by atoms with Gasteiger partial charge in [0.25, 0.3) is 5.91 Å². The van der Waals surface area contributed by atoms with E-state index in [4.69, 9.17) is 4.74 Å². The zero-order valence-electron chi connectivity index (χ0n) is 17.3. The standard InChI is InChI=1S/C23H25N3O3S/c1-15(2)18-9-7-17(8-10-18)11-13-25-20(27)14-29-23(28)21-16(3)26-22(30-21)19-6-4-5-12-24-19/h4-10,12,15H,11,13-14H2,1-3H3,(H,25,27). The van der Waals surface area contributed by atoms with Gasteiger partial charge in [-0.1, -0.05) is 44.2 Å². The first-order valence-electron chi connectivity index (χ1n) is 9.85. The highest BCUT2D eigenvalue weighted by atomic mass is 32.1. The van der Waals surface area contributed by atoms with E-state index in [2.05, 4.69) is 53.4 Å². The Morgan fingerprint density at radius 3 is 2.57 bits per heavy atom. The zero-order valence-corrected chi connectivity index (χ0v) is 18.2. The maximum absolute atomic E-state index is 12.3. The Hall–Kier alpha value is -3.06. The molecule has 0 unspecified atom stereocenters. The number of carbonyl (C=O) groups is 2. The number of thiazole rings is 1. The van der Waals surface area contributed by atoms with Crippen molar-refractivity contribution in [2.45, 2.75) is 33.1 Å². The maximum atomic E-state index is 12.3. The van der Waals surface area contributed by atoms with E-state index in [9.17, 15) is 9.59 Å².